The van der Waals surface area contributed by atoms with Gasteiger partial charge in [-0.2, -0.15) is 0 Å². The Balaban J connectivity index is 0.000000531. The molecule has 1 aromatic rings. The SMILES string of the molecule is CC.[B]c1cc2c(cn1)OCCN2.[HH]. The standard InChI is InChI=1S/C7H7BN2O.C2H6.H2/c8-7-3-5-6(4-10-7)11-2-1-9-5;1-2;/h3-4,9H,1-2H2;1-2H3;1H. The van der Waals surface area contributed by atoms with Gasteiger partial charge in [0.2, 0.25) is 0 Å². The van der Waals surface area contributed by atoms with Crippen LogP contribution in [0.5, 0.6) is 5.75 Å². The smallest absolute Gasteiger partial charge is 0.160 e. The van der Waals surface area contributed by atoms with Crippen molar-refractivity contribution in [1.82, 2.24) is 4.98 Å². The Bertz CT molecular complexity index is 284. The molecular weight excluding hydrogens is 163 g/mol. The van der Waals surface area contributed by atoms with E-state index in [1.807, 2.05) is 13.8 Å². The zero-order valence-electron chi connectivity index (χ0n) is 8.00. The molecule has 0 aromatic carbocycles. The molecule has 0 spiro atoms. The fraction of sp³-hybridized carbons (Fsp3) is 0.444. The number of pyridine rings is 1. The lowest BCUT2D eigenvalue weighted by Crippen LogP contribution is -2.20. The van der Waals surface area contributed by atoms with Crippen LogP contribution in [0, 0.1) is 0 Å². The van der Waals surface area contributed by atoms with Crippen LogP contribution < -0.4 is 15.6 Å². The van der Waals surface area contributed by atoms with Crippen LogP contribution in [0.4, 0.5) is 5.69 Å². The van der Waals surface area contributed by atoms with Gasteiger partial charge in [0, 0.05) is 7.97 Å². The van der Waals surface area contributed by atoms with E-state index in [0.717, 1.165) is 18.0 Å². The molecule has 13 heavy (non-hydrogen) atoms. The molecule has 0 unspecified atom stereocenters. The summed E-state index contributed by atoms with van der Waals surface area (Å²) in [6, 6.07) is 1.77. The monoisotopic (exact) mass is 178 g/mol. The molecule has 0 fully saturated rings. The molecule has 2 heterocycles. The normalized spacial score (nSPS) is 12.8. The largest absolute Gasteiger partial charge is 0.488 e. The topological polar surface area (TPSA) is 34.1 Å². The van der Waals surface area contributed by atoms with E-state index >= 15 is 0 Å². The summed E-state index contributed by atoms with van der Waals surface area (Å²) in [4.78, 5) is 3.91. The molecule has 0 bridgehead atoms. The number of nitrogens with zero attached hydrogens (tertiary/aromatic N) is 1. The van der Waals surface area contributed by atoms with Crippen LogP contribution in [-0.2, 0) is 0 Å². The molecular formula is C9H15BN2O. The number of ether oxygens (including phenoxy) is 1. The van der Waals surface area contributed by atoms with Gasteiger partial charge in [0.05, 0.1) is 11.9 Å². The van der Waals surface area contributed by atoms with E-state index in [1.165, 1.54) is 0 Å². The van der Waals surface area contributed by atoms with Crippen LogP contribution in [-0.4, -0.2) is 26.0 Å². The van der Waals surface area contributed by atoms with Gasteiger partial charge in [-0.3, -0.25) is 4.98 Å². The number of fused-ring (bicyclic) bond motifs is 1. The van der Waals surface area contributed by atoms with Gasteiger partial charge in [-0.15, -0.1) is 0 Å². The predicted octanol–water partition coefficient (Wildman–Crippen LogP) is 0.952. The molecule has 4 heteroatoms. The van der Waals surface area contributed by atoms with Crippen molar-refractivity contribution in [3.05, 3.63) is 12.3 Å². The first kappa shape index (κ1) is 9.90. The van der Waals surface area contributed by atoms with Gasteiger partial charge in [0.1, 0.15) is 14.5 Å². The molecule has 1 aliphatic rings. The summed E-state index contributed by atoms with van der Waals surface area (Å²) in [7, 11) is 5.48. The van der Waals surface area contributed by atoms with Crippen molar-refractivity contribution < 1.29 is 6.16 Å². The van der Waals surface area contributed by atoms with E-state index in [2.05, 4.69) is 10.3 Å². The lowest BCUT2D eigenvalue weighted by molar-refractivity contribution is 0.322. The van der Waals surface area contributed by atoms with Gasteiger partial charge in [0.25, 0.3) is 0 Å². The van der Waals surface area contributed by atoms with Gasteiger partial charge in [-0.05, 0) is 11.7 Å². The van der Waals surface area contributed by atoms with Crippen molar-refractivity contribution in [2.75, 3.05) is 18.5 Å². The van der Waals surface area contributed by atoms with E-state index in [1.54, 1.807) is 12.3 Å². The van der Waals surface area contributed by atoms with Crippen LogP contribution >= 0.6 is 0 Å². The predicted molar refractivity (Wildman–Crippen MR) is 57.1 cm³/mol. The third kappa shape index (κ3) is 2.37. The maximum atomic E-state index is 5.48. The van der Waals surface area contributed by atoms with Crippen molar-refractivity contribution in [3.63, 3.8) is 0 Å². The van der Waals surface area contributed by atoms with Crippen molar-refractivity contribution in [1.29, 1.82) is 0 Å². The van der Waals surface area contributed by atoms with Gasteiger partial charge in [-0.1, -0.05) is 13.8 Å². The van der Waals surface area contributed by atoms with Crippen molar-refractivity contribution >= 4 is 19.1 Å². The van der Waals surface area contributed by atoms with Gasteiger partial charge < -0.3 is 10.1 Å². The number of hydrogen-bond donors (Lipinski definition) is 1. The summed E-state index contributed by atoms with van der Waals surface area (Å²) >= 11 is 0. The molecule has 70 valence electrons. The molecule has 0 aliphatic carbocycles. The van der Waals surface area contributed by atoms with Crippen LogP contribution in [0.1, 0.15) is 15.3 Å². The zero-order chi connectivity index (χ0) is 9.68. The molecule has 0 amide bonds. The minimum atomic E-state index is 0. The summed E-state index contributed by atoms with van der Waals surface area (Å²) < 4.78 is 5.30. The third-order valence-electron chi connectivity index (χ3n) is 1.56. The number of rotatable bonds is 0. The fourth-order valence-corrected chi connectivity index (χ4v) is 1.06. The highest BCUT2D eigenvalue weighted by molar-refractivity contribution is 6.30. The van der Waals surface area contributed by atoms with Crippen molar-refractivity contribution in [3.8, 4) is 5.75 Å². The van der Waals surface area contributed by atoms with Crippen molar-refractivity contribution in [2.24, 2.45) is 0 Å². The zero-order valence-corrected chi connectivity index (χ0v) is 8.00. The average Bonchev–Trinajstić information content (AvgIpc) is 2.21. The van der Waals surface area contributed by atoms with E-state index in [0.29, 0.717) is 12.2 Å². The maximum Gasteiger partial charge on any atom is 0.160 e. The number of anilines is 1. The lowest BCUT2D eigenvalue weighted by atomic mass is 10.0. The molecule has 3 nitrogen and oxygen atoms in total. The second-order valence-electron chi connectivity index (χ2n) is 2.38. The molecule has 1 aromatic heterocycles. The van der Waals surface area contributed by atoms with E-state index in [-0.39, 0.29) is 1.43 Å². The van der Waals surface area contributed by atoms with Gasteiger partial charge in [0.15, 0.2) is 5.75 Å². The highest BCUT2D eigenvalue weighted by Crippen LogP contribution is 2.23. The summed E-state index contributed by atoms with van der Waals surface area (Å²) in [6.45, 7) is 5.52. The minimum absolute atomic E-state index is 0. The van der Waals surface area contributed by atoms with E-state index in [9.17, 15) is 0 Å². The average molecular weight is 178 g/mol. The van der Waals surface area contributed by atoms with E-state index < -0.39 is 0 Å². The Morgan fingerprint density at radius 1 is 1.62 bits per heavy atom. The van der Waals surface area contributed by atoms with Crippen LogP contribution in [0.2, 0.25) is 0 Å². The summed E-state index contributed by atoms with van der Waals surface area (Å²) in [6.07, 6.45) is 1.64. The fourth-order valence-electron chi connectivity index (χ4n) is 1.06. The Morgan fingerprint density at radius 3 is 3.15 bits per heavy atom. The Hall–Kier alpha value is -1.19. The highest BCUT2D eigenvalue weighted by atomic mass is 16.5. The van der Waals surface area contributed by atoms with Crippen molar-refractivity contribution in [2.45, 2.75) is 13.8 Å². The molecule has 0 atom stereocenters. The molecule has 1 aliphatic heterocycles. The first-order chi connectivity index (χ1) is 6.36. The summed E-state index contributed by atoms with van der Waals surface area (Å²) in [5, 5.41) is 3.16. The Kier molecular flexibility index (Phi) is 3.61. The molecule has 0 saturated carbocycles. The molecule has 2 radical (unpaired) electrons. The first-order valence-corrected chi connectivity index (χ1v) is 4.48. The molecule has 0 saturated heterocycles. The van der Waals surface area contributed by atoms with E-state index in [4.69, 9.17) is 12.6 Å². The number of aromatic nitrogens is 1. The first-order valence-electron chi connectivity index (χ1n) is 4.48. The second-order valence-corrected chi connectivity index (χ2v) is 2.38. The van der Waals surface area contributed by atoms with Crippen LogP contribution in [0.15, 0.2) is 12.3 Å². The Labute approximate surface area is 81.4 Å². The Morgan fingerprint density at radius 2 is 2.38 bits per heavy atom. The second kappa shape index (κ2) is 4.75. The number of hydrogen-bond acceptors (Lipinski definition) is 3. The van der Waals surface area contributed by atoms with Crippen LogP contribution in [0.25, 0.3) is 0 Å². The highest BCUT2D eigenvalue weighted by Gasteiger charge is 2.08. The van der Waals surface area contributed by atoms with Gasteiger partial charge >= 0.3 is 0 Å². The third-order valence-corrected chi connectivity index (χ3v) is 1.56. The summed E-state index contributed by atoms with van der Waals surface area (Å²) in [5.41, 5.74) is 1.45. The van der Waals surface area contributed by atoms with Gasteiger partial charge in [-0.25, -0.2) is 0 Å². The molecule has 2 rings (SSSR count). The minimum Gasteiger partial charge on any atom is -0.488 e. The lowest BCUT2D eigenvalue weighted by Gasteiger charge is -2.18. The number of nitrogens with one attached hydrogen (secondary N) is 1. The van der Waals surface area contributed by atoms with Crippen LogP contribution in [0.3, 0.4) is 0 Å². The summed E-state index contributed by atoms with van der Waals surface area (Å²) in [5.74, 6) is 0.783. The molecule has 1 N–H and O–H groups in total. The maximum absolute atomic E-state index is 5.48. The quantitative estimate of drug-likeness (QED) is 0.600.